The van der Waals surface area contributed by atoms with Crippen LogP contribution < -0.4 is 24.8 Å². The van der Waals surface area contributed by atoms with Crippen molar-refractivity contribution >= 4 is 34.8 Å². The topological polar surface area (TPSA) is 51.8 Å². The van der Waals surface area contributed by atoms with Gasteiger partial charge in [0.05, 0.1) is 21.3 Å². The van der Waals surface area contributed by atoms with E-state index >= 15 is 0 Å². The zero-order chi connectivity index (χ0) is 18.8. The summed E-state index contributed by atoms with van der Waals surface area (Å²) in [5, 5.41) is 6.96. The minimum absolute atomic E-state index is 0.590. The second-order valence-electron chi connectivity index (χ2n) is 5.33. The van der Waals surface area contributed by atoms with Crippen LogP contribution in [0.3, 0.4) is 0 Å². The second kappa shape index (κ2) is 10.8. The first-order valence-electron chi connectivity index (χ1n) is 8.20. The third kappa shape index (κ3) is 6.31. The summed E-state index contributed by atoms with van der Waals surface area (Å²) in [7, 11) is 4.90. The molecule has 0 unspecified atom stereocenters. The molecule has 0 bridgehead atoms. The van der Waals surface area contributed by atoms with Gasteiger partial charge in [-0.3, -0.25) is 0 Å². The third-order valence-corrected chi connectivity index (χ3v) is 4.92. The van der Waals surface area contributed by atoms with E-state index in [1.165, 1.54) is 4.90 Å². The molecule has 0 spiro atoms. The molecule has 0 aromatic heterocycles. The van der Waals surface area contributed by atoms with Crippen molar-refractivity contribution in [3.8, 4) is 17.2 Å². The second-order valence-corrected chi connectivity index (χ2v) is 6.90. The van der Waals surface area contributed by atoms with E-state index in [1.54, 1.807) is 21.3 Å². The average molecular weight is 393 g/mol. The Balaban J connectivity index is 1.68. The Bertz CT molecular complexity index is 708. The highest BCUT2D eigenvalue weighted by molar-refractivity contribution is 7.99. The molecular weight excluding hydrogens is 368 g/mol. The molecule has 2 aromatic rings. The van der Waals surface area contributed by atoms with Crippen LogP contribution in [0.2, 0.25) is 0 Å². The van der Waals surface area contributed by atoms with Crippen LogP contribution >= 0.6 is 24.0 Å². The molecule has 0 aliphatic carbocycles. The fraction of sp³-hybridized carbons (Fsp3) is 0.316. The summed E-state index contributed by atoms with van der Waals surface area (Å²) in [5.74, 6) is 3.24. The predicted molar refractivity (Wildman–Crippen MR) is 112 cm³/mol. The molecule has 0 radical (unpaired) electrons. The molecule has 7 heteroatoms. The van der Waals surface area contributed by atoms with Gasteiger partial charge in [0.2, 0.25) is 0 Å². The Morgan fingerprint density at radius 2 is 1.69 bits per heavy atom. The number of thioether (sulfide) groups is 1. The van der Waals surface area contributed by atoms with Crippen LogP contribution in [0.25, 0.3) is 0 Å². The maximum absolute atomic E-state index is 5.33. The molecular formula is C19H24N2O3S2. The fourth-order valence-electron chi connectivity index (χ4n) is 2.23. The van der Waals surface area contributed by atoms with Crippen molar-refractivity contribution in [1.82, 2.24) is 5.32 Å². The Labute approximate surface area is 164 Å². The maximum atomic E-state index is 5.33. The van der Waals surface area contributed by atoms with E-state index in [2.05, 4.69) is 22.8 Å². The molecule has 0 aliphatic rings. The molecule has 2 aromatic carbocycles. The number of methoxy groups -OCH3 is 3. The molecule has 5 nitrogen and oxygen atoms in total. The maximum Gasteiger partial charge on any atom is 0.170 e. The molecule has 0 amide bonds. The summed E-state index contributed by atoms with van der Waals surface area (Å²) in [6.07, 6.45) is 1.00. The first-order valence-corrected chi connectivity index (χ1v) is 9.59. The van der Waals surface area contributed by atoms with Crippen LogP contribution in [0.4, 0.5) is 5.69 Å². The zero-order valence-electron chi connectivity index (χ0n) is 15.2. The minimum atomic E-state index is 0.590. The normalized spacial score (nSPS) is 10.1. The number of anilines is 1. The van der Waals surface area contributed by atoms with Crippen LogP contribution in [0.1, 0.15) is 6.42 Å². The van der Waals surface area contributed by atoms with Crippen molar-refractivity contribution < 1.29 is 14.2 Å². The first-order chi connectivity index (χ1) is 12.7. The van der Waals surface area contributed by atoms with E-state index < -0.39 is 0 Å². The van der Waals surface area contributed by atoms with Gasteiger partial charge in [-0.05, 0) is 60.8 Å². The molecule has 2 rings (SSSR count). The third-order valence-electron chi connectivity index (χ3n) is 3.58. The Morgan fingerprint density at radius 3 is 2.35 bits per heavy atom. The van der Waals surface area contributed by atoms with E-state index in [9.17, 15) is 0 Å². The molecule has 0 saturated carbocycles. The van der Waals surface area contributed by atoms with Gasteiger partial charge < -0.3 is 24.8 Å². The molecule has 26 heavy (non-hydrogen) atoms. The number of rotatable bonds is 9. The van der Waals surface area contributed by atoms with Crippen molar-refractivity contribution in [2.24, 2.45) is 0 Å². The zero-order valence-corrected chi connectivity index (χ0v) is 16.8. The van der Waals surface area contributed by atoms with Crippen molar-refractivity contribution in [3.63, 3.8) is 0 Å². The van der Waals surface area contributed by atoms with Gasteiger partial charge >= 0.3 is 0 Å². The van der Waals surface area contributed by atoms with Gasteiger partial charge in [-0.2, -0.15) is 0 Å². The fourth-order valence-corrected chi connectivity index (χ4v) is 3.30. The summed E-state index contributed by atoms with van der Waals surface area (Å²) < 4.78 is 15.7. The first kappa shape index (κ1) is 20.2. The van der Waals surface area contributed by atoms with Crippen molar-refractivity contribution in [3.05, 3.63) is 42.5 Å². The minimum Gasteiger partial charge on any atom is -0.497 e. The SMILES string of the molecule is COc1ccc(SCCCNC(=S)Nc2ccc(OC)c(OC)c2)cc1. The largest absolute Gasteiger partial charge is 0.497 e. The molecule has 0 heterocycles. The standard InChI is InChI=1S/C19H24N2O3S2/c1-22-15-6-8-16(9-7-15)26-12-4-11-20-19(25)21-14-5-10-17(23-2)18(13-14)24-3/h5-10,13H,4,11-12H2,1-3H3,(H2,20,21,25). The summed E-state index contributed by atoms with van der Waals surface area (Å²) in [6, 6.07) is 13.7. The lowest BCUT2D eigenvalue weighted by atomic mass is 10.3. The van der Waals surface area contributed by atoms with E-state index in [4.69, 9.17) is 26.4 Å². The quantitative estimate of drug-likeness (QED) is 0.377. The van der Waals surface area contributed by atoms with E-state index in [0.29, 0.717) is 16.6 Å². The highest BCUT2D eigenvalue weighted by Crippen LogP contribution is 2.29. The number of hydrogen-bond donors (Lipinski definition) is 2. The monoisotopic (exact) mass is 392 g/mol. The van der Waals surface area contributed by atoms with Crippen LogP contribution in [0.15, 0.2) is 47.4 Å². The lowest BCUT2D eigenvalue weighted by molar-refractivity contribution is 0.355. The van der Waals surface area contributed by atoms with Crippen LogP contribution in [0, 0.1) is 0 Å². The van der Waals surface area contributed by atoms with Crippen LogP contribution in [-0.4, -0.2) is 38.7 Å². The van der Waals surface area contributed by atoms with Gasteiger partial charge in [0.1, 0.15) is 5.75 Å². The summed E-state index contributed by atoms with van der Waals surface area (Å²) >= 11 is 7.15. The van der Waals surface area contributed by atoms with Crippen LogP contribution in [0.5, 0.6) is 17.2 Å². The molecule has 0 aliphatic heterocycles. The molecule has 0 saturated heterocycles. The lowest BCUT2D eigenvalue weighted by Gasteiger charge is -2.13. The molecule has 0 fully saturated rings. The number of benzene rings is 2. The van der Waals surface area contributed by atoms with E-state index in [1.807, 2.05) is 42.1 Å². The van der Waals surface area contributed by atoms with Crippen LogP contribution in [-0.2, 0) is 0 Å². The molecule has 0 atom stereocenters. The smallest absolute Gasteiger partial charge is 0.170 e. The Kier molecular flexibility index (Phi) is 8.37. The number of ether oxygens (including phenoxy) is 3. The number of hydrogen-bond acceptors (Lipinski definition) is 5. The van der Waals surface area contributed by atoms with Gasteiger partial charge in [-0.25, -0.2) is 0 Å². The van der Waals surface area contributed by atoms with E-state index in [-0.39, 0.29) is 0 Å². The van der Waals surface area contributed by atoms with Crippen molar-refractivity contribution in [2.45, 2.75) is 11.3 Å². The predicted octanol–water partition coefficient (Wildman–Crippen LogP) is 4.18. The Hall–Kier alpha value is -2.12. The number of thiocarbonyl (C=S) groups is 1. The lowest BCUT2D eigenvalue weighted by Crippen LogP contribution is -2.29. The van der Waals surface area contributed by atoms with E-state index in [0.717, 1.165) is 30.2 Å². The van der Waals surface area contributed by atoms with Gasteiger partial charge in [-0.1, -0.05) is 0 Å². The number of nitrogens with one attached hydrogen (secondary N) is 2. The van der Waals surface area contributed by atoms with Gasteiger partial charge in [0, 0.05) is 23.2 Å². The summed E-state index contributed by atoms with van der Waals surface area (Å²) in [4.78, 5) is 1.23. The van der Waals surface area contributed by atoms with Crippen molar-refractivity contribution in [1.29, 1.82) is 0 Å². The van der Waals surface area contributed by atoms with Crippen molar-refractivity contribution in [2.75, 3.05) is 38.9 Å². The highest BCUT2D eigenvalue weighted by atomic mass is 32.2. The molecule has 140 valence electrons. The van der Waals surface area contributed by atoms with Gasteiger partial charge in [-0.15, -0.1) is 11.8 Å². The average Bonchev–Trinajstić information content (AvgIpc) is 2.68. The Morgan fingerprint density at radius 1 is 0.962 bits per heavy atom. The summed E-state index contributed by atoms with van der Waals surface area (Å²) in [6.45, 7) is 0.808. The molecule has 2 N–H and O–H groups in total. The van der Waals surface area contributed by atoms with Gasteiger partial charge in [0.15, 0.2) is 16.6 Å². The highest BCUT2D eigenvalue weighted by Gasteiger charge is 2.05. The summed E-state index contributed by atoms with van der Waals surface area (Å²) in [5.41, 5.74) is 0.854. The van der Waals surface area contributed by atoms with Gasteiger partial charge in [0.25, 0.3) is 0 Å².